The van der Waals surface area contributed by atoms with Gasteiger partial charge in [-0.3, -0.25) is 14.5 Å². The molecule has 3 aliphatic rings. The van der Waals surface area contributed by atoms with E-state index in [2.05, 4.69) is 22.3 Å². The van der Waals surface area contributed by atoms with Crippen LogP contribution in [0.2, 0.25) is 0 Å². The molecule has 1 saturated carbocycles. The van der Waals surface area contributed by atoms with Crippen molar-refractivity contribution in [2.45, 2.75) is 25.7 Å². The van der Waals surface area contributed by atoms with Crippen molar-refractivity contribution in [3.8, 4) is 0 Å². The zero-order valence-electron chi connectivity index (χ0n) is 16.8. The molecule has 1 aromatic rings. The Morgan fingerprint density at radius 2 is 1.69 bits per heavy atom. The number of carbonyl (C=O) groups excluding carboxylic acids is 2. The number of nitrogens with one attached hydrogen (secondary N) is 1. The van der Waals surface area contributed by atoms with E-state index in [0.29, 0.717) is 26.2 Å². The molecule has 29 heavy (non-hydrogen) atoms. The summed E-state index contributed by atoms with van der Waals surface area (Å²) in [6, 6.07) is 8.22. The molecule has 0 aromatic heterocycles. The van der Waals surface area contributed by atoms with Crippen LogP contribution in [-0.4, -0.2) is 74.0 Å². The van der Waals surface area contributed by atoms with Gasteiger partial charge in [-0.1, -0.05) is 18.2 Å². The Labute approximate surface area is 185 Å². The van der Waals surface area contributed by atoms with E-state index in [0.717, 1.165) is 50.6 Å². The minimum Gasteiger partial charge on any atom is -0.339 e. The zero-order valence-corrected chi connectivity index (χ0v) is 18.5. The highest BCUT2D eigenvalue weighted by Crippen LogP contribution is 2.28. The van der Waals surface area contributed by atoms with Crippen molar-refractivity contribution in [1.82, 2.24) is 15.1 Å². The largest absolute Gasteiger partial charge is 0.339 e. The molecule has 2 fully saturated rings. The lowest BCUT2D eigenvalue weighted by molar-refractivity contribution is -0.132. The fourth-order valence-electron chi connectivity index (χ4n) is 4.04. The summed E-state index contributed by atoms with van der Waals surface area (Å²) in [7, 11) is 0. The van der Waals surface area contributed by atoms with E-state index in [9.17, 15) is 9.59 Å². The van der Waals surface area contributed by atoms with Crippen LogP contribution in [0, 0.1) is 5.92 Å². The summed E-state index contributed by atoms with van der Waals surface area (Å²) in [4.78, 5) is 31.2. The van der Waals surface area contributed by atoms with Crippen LogP contribution in [0.1, 0.15) is 24.8 Å². The number of rotatable bonds is 6. The Hall–Kier alpha value is -1.34. The maximum absolute atomic E-state index is 12.8. The number of fused-ring (bicyclic) bond motifs is 1. The first-order valence-electron chi connectivity index (χ1n) is 10.3. The molecule has 0 spiro atoms. The van der Waals surface area contributed by atoms with E-state index in [4.69, 9.17) is 0 Å². The van der Waals surface area contributed by atoms with E-state index >= 15 is 0 Å². The molecule has 6 nitrogen and oxygen atoms in total. The van der Waals surface area contributed by atoms with Crippen molar-refractivity contribution < 1.29 is 9.59 Å². The second-order valence-corrected chi connectivity index (χ2v) is 8.01. The minimum absolute atomic E-state index is 0. The van der Waals surface area contributed by atoms with Crippen LogP contribution in [0.5, 0.6) is 0 Å². The second kappa shape index (κ2) is 11.2. The van der Waals surface area contributed by atoms with Gasteiger partial charge >= 0.3 is 0 Å². The summed E-state index contributed by atoms with van der Waals surface area (Å²) in [5, 5.41) is 3.27. The second-order valence-electron chi connectivity index (χ2n) is 8.01. The molecule has 8 heteroatoms. The van der Waals surface area contributed by atoms with E-state index in [1.54, 1.807) is 0 Å². The monoisotopic (exact) mass is 442 g/mol. The SMILES string of the molecule is Cl.Cl.O=C(CNCC1CC1)N1CCN(CC(=O)N2CCCc3ccccc32)CC1. The number of nitrogens with zero attached hydrogens (tertiary/aromatic N) is 3. The highest BCUT2D eigenvalue weighted by molar-refractivity contribution is 5.96. The maximum Gasteiger partial charge on any atom is 0.241 e. The van der Waals surface area contributed by atoms with Crippen molar-refractivity contribution >= 4 is 42.3 Å². The highest BCUT2D eigenvalue weighted by Gasteiger charge is 2.27. The van der Waals surface area contributed by atoms with Gasteiger partial charge in [0.1, 0.15) is 0 Å². The number of anilines is 1. The number of aryl methyl sites for hydroxylation is 1. The number of piperazine rings is 1. The quantitative estimate of drug-likeness (QED) is 0.731. The van der Waals surface area contributed by atoms with Crippen molar-refractivity contribution in [1.29, 1.82) is 0 Å². The van der Waals surface area contributed by atoms with Crippen molar-refractivity contribution in [2.24, 2.45) is 5.92 Å². The van der Waals surface area contributed by atoms with Gasteiger partial charge in [0.15, 0.2) is 0 Å². The molecule has 2 aliphatic heterocycles. The van der Waals surface area contributed by atoms with Gasteiger partial charge in [-0.15, -0.1) is 24.8 Å². The third kappa shape index (κ3) is 6.32. The summed E-state index contributed by atoms with van der Waals surface area (Å²) in [6.07, 6.45) is 4.68. The summed E-state index contributed by atoms with van der Waals surface area (Å²) in [5.41, 5.74) is 2.34. The minimum atomic E-state index is 0. The number of carbonyl (C=O) groups is 2. The fraction of sp³-hybridized carbons (Fsp3) is 0.619. The van der Waals surface area contributed by atoms with Gasteiger partial charge in [0.05, 0.1) is 13.1 Å². The van der Waals surface area contributed by atoms with Gasteiger partial charge < -0.3 is 15.1 Å². The zero-order chi connectivity index (χ0) is 18.6. The lowest BCUT2D eigenvalue weighted by Crippen LogP contribution is -2.53. The lowest BCUT2D eigenvalue weighted by Gasteiger charge is -2.36. The molecule has 0 unspecified atom stereocenters. The molecule has 162 valence electrons. The van der Waals surface area contributed by atoms with Gasteiger partial charge in [-0.25, -0.2) is 0 Å². The smallest absolute Gasteiger partial charge is 0.241 e. The lowest BCUT2D eigenvalue weighted by atomic mass is 10.0. The van der Waals surface area contributed by atoms with E-state index in [1.807, 2.05) is 21.9 Å². The first-order chi connectivity index (χ1) is 13.2. The number of benzene rings is 1. The molecule has 4 rings (SSSR count). The van der Waals surface area contributed by atoms with E-state index < -0.39 is 0 Å². The number of para-hydroxylation sites is 1. The topological polar surface area (TPSA) is 55.9 Å². The van der Waals surface area contributed by atoms with Crippen LogP contribution in [0.3, 0.4) is 0 Å². The maximum atomic E-state index is 12.8. The van der Waals surface area contributed by atoms with E-state index in [-0.39, 0.29) is 36.6 Å². The number of amides is 2. The van der Waals surface area contributed by atoms with Crippen LogP contribution in [0.15, 0.2) is 24.3 Å². The van der Waals surface area contributed by atoms with Gasteiger partial charge in [0.25, 0.3) is 0 Å². The first kappa shape index (κ1) is 23.9. The van der Waals surface area contributed by atoms with Crippen LogP contribution >= 0.6 is 24.8 Å². The Kier molecular flexibility index (Phi) is 9.21. The molecule has 1 saturated heterocycles. The average molecular weight is 443 g/mol. The van der Waals surface area contributed by atoms with Crippen molar-refractivity contribution in [3.05, 3.63) is 29.8 Å². The summed E-state index contributed by atoms with van der Waals surface area (Å²) < 4.78 is 0. The molecule has 1 aliphatic carbocycles. The third-order valence-corrected chi connectivity index (χ3v) is 5.90. The average Bonchev–Trinajstić information content (AvgIpc) is 3.52. The van der Waals surface area contributed by atoms with Crippen LogP contribution < -0.4 is 10.2 Å². The van der Waals surface area contributed by atoms with Crippen molar-refractivity contribution in [2.75, 3.05) is 57.3 Å². The summed E-state index contributed by atoms with van der Waals surface area (Å²) in [5.74, 6) is 1.15. The molecule has 0 atom stereocenters. The Morgan fingerprint density at radius 3 is 2.41 bits per heavy atom. The molecule has 1 aromatic carbocycles. The fourth-order valence-corrected chi connectivity index (χ4v) is 4.04. The molecule has 1 N–H and O–H groups in total. The van der Waals surface area contributed by atoms with Crippen LogP contribution in [0.4, 0.5) is 5.69 Å². The van der Waals surface area contributed by atoms with Crippen molar-refractivity contribution in [3.63, 3.8) is 0 Å². The Morgan fingerprint density at radius 1 is 0.966 bits per heavy atom. The molecular formula is C21H32Cl2N4O2. The normalized spacial score (nSPS) is 19.0. The molecular weight excluding hydrogens is 411 g/mol. The Bertz CT molecular complexity index is 691. The standard InChI is InChI=1S/C21H30N4O2.2ClH/c26-20(15-22-14-17-7-8-17)24-12-10-23(11-13-24)16-21(27)25-9-3-5-18-4-1-2-6-19(18)25;;/h1-2,4,6,17,22H,3,5,7-16H2;2*1H. The third-order valence-electron chi connectivity index (χ3n) is 5.90. The first-order valence-corrected chi connectivity index (χ1v) is 10.3. The molecule has 0 radical (unpaired) electrons. The predicted octanol–water partition coefficient (Wildman–Crippen LogP) is 1.95. The number of halogens is 2. The summed E-state index contributed by atoms with van der Waals surface area (Å²) in [6.45, 7) is 5.64. The summed E-state index contributed by atoms with van der Waals surface area (Å²) >= 11 is 0. The molecule has 2 heterocycles. The van der Waals surface area contributed by atoms with E-state index in [1.165, 1.54) is 18.4 Å². The molecule has 2 amide bonds. The van der Waals surface area contributed by atoms with Gasteiger partial charge in [-0.2, -0.15) is 0 Å². The number of hydrogen-bond donors (Lipinski definition) is 1. The van der Waals surface area contributed by atoms with Gasteiger partial charge in [0, 0.05) is 38.4 Å². The highest BCUT2D eigenvalue weighted by atomic mass is 35.5. The van der Waals surface area contributed by atoms with Crippen LogP contribution in [0.25, 0.3) is 0 Å². The predicted molar refractivity (Wildman–Crippen MR) is 120 cm³/mol. The van der Waals surface area contributed by atoms with Crippen LogP contribution in [-0.2, 0) is 16.0 Å². The Balaban J connectivity index is 0.00000150. The van der Waals surface area contributed by atoms with Gasteiger partial charge in [0.2, 0.25) is 11.8 Å². The number of hydrogen-bond acceptors (Lipinski definition) is 4. The molecule has 0 bridgehead atoms. The van der Waals surface area contributed by atoms with Gasteiger partial charge in [-0.05, 0) is 49.8 Å².